The number of halogens is 2. The maximum Gasteiger partial charge on any atom is 0.338 e. The fourth-order valence-corrected chi connectivity index (χ4v) is 3.74. The van der Waals surface area contributed by atoms with Crippen molar-refractivity contribution < 1.29 is 33.4 Å². The Hall–Kier alpha value is -3.66. The van der Waals surface area contributed by atoms with Gasteiger partial charge in [0.15, 0.2) is 0 Å². The summed E-state index contributed by atoms with van der Waals surface area (Å²) >= 11 is 6.03. The first kappa shape index (κ1) is 28.6. The zero-order valence-corrected chi connectivity index (χ0v) is 21.0. The van der Waals surface area contributed by atoms with Crippen molar-refractivity contribution in [2.75, 3.05) is 27.2 Å². The maximum atomic E-state index is 13.7. The monoisotopic (exact) mass is 521 g/mol. The molecule has 2 rings (SSSR count). The highest BCUT2D eigenvalue weighted by atomic mass is 35.5. The molecule has 0 spiro atoms. The van der Waals surface area contributed by atoms with Crippen LogP contribution in [0.2, 0.25) is 5.02 Å². The van der Waals surface area contributed by atoms with E-state index in [1.807, 2.05) is 0 Å². The highest BCUT2D eigenvalue weighted by Crippen LogP contribution is 2.25. The van der Waals surface area contributed by atoms with Gasteiger partial charge in [0.2, 0.25) is 5.91 Å². The molecule has 0 bridgehead atoms. The standard InChI is InChI=1S/C25H29ClFN3O6/c1-4-21(16-5-7-20(27)19(11-16)24(33)34)29-25(35)30(2)13-23(32)28-12-15(14-31)9-17-10-18(26)6-8-22(17)36-3/h5-8,10-11,14-15,21H,4,9,12-13H2,1-3H3,(H,28,32)(H,29,35)(H,33,34). The number of benzene rings is 2. The molecule has 0 radical (unpaired) electrons. The summed E-state index contributed by atoms with van der Waals surface area (Å²) in [6, 6.07) is 7.51. The van der Waals surface area contributed by atoms with Crippen molar-refractivity contribution in [3.8, 4) is 5.75 Å². The molecule has 3 amide bonds. The van der Waals surface area contributed by atoms with Gasteiger partial charge in [0.05, 0.1) is 18.7 Å². The molecule has 36 heavy (non-hydrogen) atoms. The third-order valence-corrected chi connectivity index (χ3v) is 5.77. The first-order valence-electron chi connectivity index (χ1n) is 11.2. The van der Waals surface area contributed by atoms with E-state index in [-0.39, 0.29) is 13.1 Å². The van der Waals surface area contributed by atoms with Crippen LogP contribution in [0.5, 0.6) is 5.75 Å². The molecule has 0 aliphatic rings. The van der Waals surface area contributed by atoms with Crippen molar-refractivity contribution in [1.82, 2.24) is 15.5 Å². The van der Waals surface area contributed by atoms with Crippen LogP contribution in [0.25, 0.3) is 0 Å². The lowest BCUT2D eigenvalue weighted by molar-refractivity contribution is -0.121. The third kappa shape index (κ3) is 7.94. The minimum Gasteiger partial charge on any atom is -0.496 e. The van der Waals surface area contributed by atoms with E-state index in [0.29, 0.717) is 29.2 Å². The number of urea groups is 1. The van der Waals surface area contributed by atoms with Gasteiger partial charge >= 0.3 is 12.0 Å². The van der Waals surface area contributed by atoms with E-state index in [1.165, 1.54) is 26.3 Å². The van der Waals surface area contributed by atoms with Crippen molar-refractivity contribution in [2.24, 2.45) is 5.92 Å². The minimum absolute atomic E-state index is 0.0542. The molecule has 2 aromatic rings. The average molecular weight is 522 g/mol. The van der Waals surface area contributed by atoms with E-state index >= 15 is 0 Å². The second-order valence-corrected chi connectivity index (χ2v) is 8.61. The number of carbonyl (C=O) groups excluding carboxylic acids is 3. The number of nitrogens with one attached hydrogen (secondary N) is 2. The zero-order chi connectivity index (χ0) is 26.8. The summed E-state index contributed by atoms with van der Waals surface area (Å²) in [7, 11) is 2.93. The van der Waals surface area contributed by atoms with Gasteiger partial charge in [-0.05, 0) is 54.3 Å². The Morgan fingerprint density at radius 2 is 1.94 bits per heavy atom. The Balaban J connectivity index is 1.93. The molecule has 11 heteroatoms. The molecule has 9 nitrogen and oxygen atoms in total. The Bertz CT molecular complexity index is 1110. The number of ether oxygens (including phenoxy) is 1. The summed E-state index contributed by atoms with van der Waals surface area (Å²) in [5.74, 6) is -2.71. The molecule has 2 unspecified atom stereocenters. The van der Waals surface area contributed by atoms with E-state index in [1.54, 1.807) is 25.1 Å². The lowest BCUT2D eigenvalue weighted by Crippen LogP contribution is -2.45. The van der Waals surface area contributed by atoms with Gasteiger partial charge in [-0.1, -0.05) is 24.6 Å². The van der Waals surface area contributed by atoms with Crippen LogP contribution in [0.1, 0.15) is 40.9 Å². The molecular formula is C25H29ClFN3O6. The topological polar surface area (TPSA) is 125 Å². The van der Waals surface area contributed by atoms with Gasteiger partial charge in [-0.2, -0.15) is 0 Å². The van der Waals surface area contributed by atoms with Crippen LogP contribution in [0, 0.1) is 11.7 Å². The quantitative estimate of drug-likeness (QED) is 0.367. The van der Waals surface area contributed by atoms with Gasteiger partial charge in [-0.3, -0.25) is 4.79 Å². The minimum atomic E-state index is -1.41. The number of hydrogen-bond donors (Lipinski definition) is 3. The van der Waals surface area contributed by atoms with Gasteiger partial charge in [0.1, 0.15) is 24.4 Å². The summed E-state index contributed by atoms with van der Waals surface area (Å²) < 4.78 is 19.0. The van der Waals surface area contributed by atoms with Crippen molar-refractivity contribution in [2.45, 2.75) is 25.8 Å². The first-order valence-corrected chi connectivity index (χ1v) is 11.6. The van der Waals surface area contributed by atoms with Crippen molar-refractivity contribution in [3.63, 3.8) is 0 Å². The molecular weight excluding hydrogens is 493 g/mol. The number of carboxylic acid groups (broad SMARTS) is 1. The van der Waals surface area contributed by atoms with Crippen LogP contribution >= 0.6 is 11.6 Å². The average Bonchev–Trinajstić information content (AvgIpc) is 2.85. The second kappa shape index (κ2) is 13.4. The summed E-state index contributed by atoms with van der Waals surface area (Å²) in [6.07, 6.45) is 1.44. The van der Waals surface area contributed by atoms with Crippen molar-refractivity contribution in [1.29, 1.82) is 0 Å². The Labute approximate surface area is 213 Å². The molecule has 194 valence electrons. The second-order valence-electron chi connectivity index (χ2n) is 8.17. The number of rotatable bonds is 12. The number of likely N-dealkylation sites (N-methyl/N-ethyl adjacent to an activating group) is 1. The van der Waals surface area contributed by atoms with E-state index in [4.69, 9.17) is 21.4 Å². The number of nitrogens with zero attached hydrogens (tertiary/aromatic N) is 1. The summed E-state index contributed by atoms with van der Waals surface area (Å²) in [6.45, 7) is 1.55. The van der Waals surface area contributed by atoms with Crippen LogP contribution in [-0.4, -0.2) is 61.4 Å². The number of hydrogen-bond acceptors (Lipinski definition) is 5. The number of carboxylic acids is 1. The predicted octanol–water partition coefficient (Wildman–Crippen LogP) is 3.45. The van der Waals surface area contributed by atoms with Crippen LogP contribution in [-0.2, 0) is 16.0 Å². The van der Waals surface area contributed by atoms with Crippen LogP contribution in [0.3, 0.4) is 0 Å². The number of amides is 3. The molecule has 0 fully saturated rings. The molecule has 0 aliphatic carbocycles. The Kier molecular flexibility index (Phi) is 10.7. The van der Waals surface area contributed by atoms with Gasteiger partial charge in [0.25, 0.3) is 0 Å². The third-order valence-electron chi connectivity index (χ3n) is 5.54. The SMILES string of the molecule is CCC(NC(=O)N(C)CC(=O)NCC(C=O)Cc1cc(Cl)ccc1OC)c1ccc(F)c(C(=O)O)c1. The number of carbonyl (C=O) groups is 4. The highest BCUT2D eigenvalue weighted by molar-refractivity contribution is 6.30. The van der Waals surface area contributed by atoms with Gasteiger partial charge in [-0.25, -0.2) is 14.0 Å². The molecule has 3 N–H and O–H groups in total. The molecule has 2 aromatic carbocycles. The van der Waals surface area contributed by atoms with Gasteiger partial charge in [-0.15, -0.1) is 0 Å². The number of aromatic carboxylic acids is 1. The summed E-state index contributed by atoms with van der Waals surface area (Å²) in [4.78, 5) is 48.9. The molecule has 0 aliphatic heterocycles. The van der Waals surface area contributed by atoms with E-state index < -0.39 is 41.2 Å². The largest absolute Gasteiger partial charge is 0.496 e. The normalized spacial score (nSPS) is 12.2. The summed E-state index contributed by atoms with van der Waals surface area (Å²) in [5, 5.41) is 15.0. The lowest BCUT2D eigenvalue weighted by atomic mass is 9.99. The summed E-state index contributed by atoms with van der Waals surface area (Å²) in [5.41, 5.74) is 0.658. The van der Waals surface area contributed by atoms with E-state index in [9.17, 15) is 23.6 Å². The zero-order valence-electron chi connectivity index (χ0n) is 20.2. The Morgan fingerprint density at radius 3 is 2.56 bits per heavy atom. The lowest BCUT2D eigenvalue weighted by Gasteiger charge is -2.23. The van der Waals surface area contributed by atoms with Crippen molar-refractivity contribution >= 4 is 35.8 Å². The molecule has 0 saturated carbocycles. The van der Waals surface area contributed by atoms with E-state index in [2.05, 4.69) is 10.6 Å². The van der Waals surface area contributed by atoms with Gasteiger partial charge in [0, 0.05) is 24.5 Å². The molecule has 0 saturated heterocycles. The maximum absolute atomic E-state index is 13.7. The van der Waals surface area contributed by atoms with Crippen molar-refractivity contribution in [3.05, 3.63) is 63.9 Å². The van der Waals surface area contributed by atoms with Crippen LogP contribution in [0.4, 0.5) is 9.18 Å². The highest BCUT2D eigenvalue weighted by Gasteiger charge is 2.21. The first-order chi connectivity index (χ1) is 17.1. The smallest absolute Gasteiger partial charge is 0.338 e. The number of methoxy groups -OCH3 is 1. The van der Waals surface area contributed by atoms with Crippen LogP contribution in [0.15, 0.2) is 36.4 Å². The molecule has 0 heterocycles. The fraction of sp³-hybridized carbons (Fsp3) is 0.360. The number of aldehydes is 1. The Morgan fingerprint density at radius 1 is 1.22 bits per heavy atom. The molecule has 0 aromatic heterocycles. The van der Waals surface area contributed by atoms with Gasteiger partial charge < -0.3 is 30.2 Å². The molecule has 2 atom stereocenters. The van der Waals surface area contributed by atoms with Crippen LogP contribution < -0.4 is 15.4 Å². The van der Waals surface area contributed by atoms with E-state index in [0.717, 1.165) is 22.8 Å². The fourth-order valence-electron chi connectivity index (χ4n) is 3.55. The predicted molar refractivity (Wildman–Crippen MR) is 132 cm³/mol.